The van der Waals surface area contributed by atoms with Crippen molar-refractivity contribution in [3.8, 4) is 11.8 Å². The Labute approximate surface area is 185 Å². The molecule has 0 spiro atoms. The highest BCUT2D eigenvalue weighted by Gasteiger charge is 2.14. The molecule has 0 radical (unpaired) electrons. The zero-order valence-corrected chi connectivity index (χ0v) is 20.1. The van der Waals surface area contributed by atoms with Crippen LogP contribution in [-0.2, 0) is 0 Å². The van der Waals surface area contributed by atoms with Crippen molar-refractivity contribution in [2.75, 3.05) is 0 Å². The molecular formula is C16H17Br3F2N6O. The average Bonchev–Trinajstić information content (AvgIpc) is 3.08. The van der Waals surface area contributed by atoms with Crippen molar-refractivity contribution in [3.63, 3.8) is 0 Å². The molecule has 0 amide bonds. The Bertz CT molecular complexity index is 924. The molecule has 2 aromatic heterocycles. The SMILES string of the molecule is CC(C)n1nc(Br)nc1Br.CC(C)n1nc(Br)nc1Oc1cc(F)cc(F)c1. The Balaban J connectivity index is 0.000000237. The van der Waals surface area contributed by atoms with Gasteiger partial charge in [-0.15, -0.1) is 10.2 Å². The fourth-order valence-electron chi connectivity index (χ4n) is 1.99. The molecule has 2 heterocycles. The number of ether oxygens (including phenoxy) is 1. The molecule has 0 N–H and O–H groups in total. The largest absolute Gasteiger partial charge is 0.424 e. The first-order valence-corrected chi connectivity index (χ1v) is 10.5. The van der Waals surface area contributed by atoms with Crippen molar-refractivity contribution in [1.29, 1.82) is 0 Å². The second kappa shape index (κ2) is 9.88. The molecule has 28 heavy (non-hydrogen) atoms. The van der Waals surface area contributed by atoms with Gasteiger partial charge in [0.05, 0.1) is 6.04 Å². The fourth-order valence-corrected chi connectivity index (χ4v) is 3.55. The molecule has 12 heteroatoms. The van der Waals surface area contributed by atoms with Crippen molar-refractivity contribution in [3.05, 3.63) is 44.0 Å². The lowest BCUT2D eigenvalue weighted by Gasteiger charge is -2.09. The van der Waals surface area contributed by atoms with Gasteiger partial charge in [0.2, 0.25) is 9.47 Å². The van der Waals surface area contributed by atoms with Gasteiger partial charge in [-0.1, -0.05) is 0 Å². The van der Waals surface area contributed by atoms with Crippen LogP contribution in [0.1, 0.15) is 39.8 Å². The van der Waals surface area contributed by atoms with Gasteiger partial charge in [-0.2, -0.15) is 9.97 Å². The summed E-state index contributed by atoms with van der Waals surface area (Å²) in [4.78, 5) is 8.01. The molecule has 152 valence electrons. The van der Waals surface area contributed by atoms with E-state index in [-0.39, 0.29) is 17.8 Å². The van der Waals surface area contributed by atoms with Crippen LogP contribution in [0, 0.1) is 11.6 Å². The third-order valence-electron chi connectivity index (χ3n) is 3.16. The zero-order chi connectivity index (χ0) is 21.0. The van der Waals surface area contributed by atoms with Gasteiger partial charge in [0.1, 0.15) is 17.4 Å². The van der Waals surface area contributed by atoms with Crippen LogP contribution < -0.4 is 4.74 Å². The van der Waals surface area contributed by atoms with Crippen molar-refractivity contribution in [1.82, 2.24) is 29.5 Å². The number of nitrogens with zero attached hydrogens (tertiary/aromatic N) is 6. The minimum Gasteiger partial charge on any atom is -0.424 e. The first-order valence-electron chi connectivity index (χ1n) is 8.10. The number of benzene rings is 1. The molecule has 1 aromatic carbocycles. The summed E-state index contributed by atoms with van der Waals surface area (Å²) in [7, 11) is 0. The van der Waals surface area contributed by atoms with Crippen LogP contribution in [0.3, 0.4) is 0 Å². The summed E-state index contributed by atoms with van der Waals surface area (Å²) in [5.74, 6) is -1.38. The number of aromatic nitrogens is 6. The van der Waals surface area contributed by atoms with Gasteiger partial charge in [-0.3, -0.25) is 0 Å². The van der Waals surface area contributed by atoms with E-state index in [4.69, 9.17) is 4.74 Å². The standard InChI is InChI=1S/C11H10BrF2N3O.C5H7Br2N3/c1-6(2)17-11(15-10(12)16-17)18-9-4-7(13)3-8(14)5-9;1-3(2)10-5(7)8-4(6)9-10/h3-6H,1-2H3;3H,1-2H3. The third kappa shape index (κ3) is 6.31. The highest BCUT2D eigenvalue weighted by atomic mass is 79.9. The molecular weight excluding hydrogens is 570 g/mol. The highest BCUT2D eigenvalue weighted by Crippen LogP contribution is 2.25. The Morgan fingerprint density at radius 1 is 0.821 bits per heavy atom. The quantitative estimate of drug-likeness (QED) is 0.371. The van der Waals surface area contributed by atoms with E-state index in [2.05, 4.69) is 68.0 Å². The van der Waals surface area contributed by atoms with Crippen LogP contribution >= 0.6 is 47.8 Å². The molecule has 0 unspecified atom stereocenters. The van der Waals surface area contributed by atoms with E-state index in [9.17, 15) is 8.78 Å². The maximum atomic E-state index is 13.0. The number of hydrogen-bond donors (Lipinski definition) is 0. The van der Waals surface area contributed by atoms with E-state index >= 15 is 0 Å². The molecule has 7 nitrogen and oxygen atoms in total. The minimum atomic E-state index is -0.709. The van der Waals surface area contributed by atoms with Crippen LogP contribution in [-0.4, -0.2) is 29.5 Å². The summed E-state index contributed by atoms with van der Waals surface area (Å²) in [6, 6.07) is 3.45. The van der Waals surface area contributed by atoms with Crippen molar-refractivity contribution in [2.45, 2.75) is 39.8 Å². The number of hydrogen-bond acceptors (Lipinski definition) is 5. The first kappa shape index (κ1) is 22.9. The summed E-state index contributed by atoms with van der Waals surface area (Å²) in [5, 5.41) is 8.15. The average molecular weight is 587 g/mol. The Morgan fingerprint density at radius 2 is 1.32 bits per heavy atom. The Morgan fingerprint density at radius 3 is 1.75 bits per heavy atom. The van der Waals surface area contributed by atoms with Crippen molar-refractivity contribution < 1.29 is 13.5 Å². The van der Waals surface area contributed by atoms with Gasteiger partial charge in [0.15, 0.2) is 4.73 Å². The van der Waals surface area contributed by atoms with Crippen LogP contribution in [0.25, 0.3) is 0 Å². The summed E-state index contributed by atoms with van der Waals surface area (Å²) in [6.07, 6.45) is 0. The summed E-state index contributed by atoms with van der Waals surface area (Å²) in [6.45, 7) is 7.87. The van der Waals surface area contributed by atoms with Gasteiger partial charge < -0.3 is 4.74 Å². The van der Waals surface area contributed by atoms with Crippen LogP contribution in [0.15, 0.2) is 32.4 Å². The highest BCUT2D eigenvalue weighted by molar-refractivity contribution is 9.11. The smallest absolute Gasteiger partial charge is 0.321 e. The molecule has 0 atom stereocenters. The molecule has 0 fully saturated rings. The van der Waals surface area contributed by atoms with Crippen molar-refractivity contribution >= 4 is 47.8 Å². The van der Waals surface area contributed by atoms with E-state index in [0.717, 1.165) is 22.9 Å². The summed E-state index contributed by atoms with van der Waals surface area (Å²) >= 11 is 9.58. The second-order valence-electron chi connectivity index (χ2n) is 6.10. The van der Waals surface area contributed by atoms with Gasteiger partial charge in [0.25, 0.3) is 0 Å². The van der Waals surface area contributed by atoms with E-state index < -0.39 is 11.6 Å². The lowest BCUT2D eigenvalue weighted by Crippen LogP contribution is -2.05. The van der Waals surface area contributed by atoms with Gasteiger partial charge >= 0.3 is 6.01 Å². The fraction of sp³-hybridized carbons (Fsp3) is 0.375. The zero-order valence-electron chi connectivity index (χ0n) is 15.4. The molecule has 0 aliphatic carbocycles. The van der Waals surface area contributed by atoms with E-state index in [1.54, 1.807) is 4.68 Å². The molecule has 0 saturated carbocycles. The van der Waals surface area contributed by atoms with E-state index in [1.807, 2.05) is 27.7 Å². The summed E-state index contributed by atoms with van der Waals surface area (Å²) < 4.78 is 36.4. The molecule has 0 aliphatic rings. The topological polar surface area (TPSA) is 70.7 Å². The normalized spacial score (nSPS) is 11.0. The second-order valence-corrected chi connectivity index (χ2v) is 8.22. The van der Waals surface area contributed by atoms with Crippen LogP contribution in [0.4, 0.5) is 8.78 Å². The molecule has 0 bridgehead atoms. The van der Waals surface area contributed by atoms with E-state index in [0.29, 0.717) is 15.5 Å². The van der Waals surface area contributed by atoms with E-state index in [1.165, 1.54) is 4.68 Å². The van der Waals surface area contributed by atoms with Crippen molar-refractivity contribution in [2.24, 2.45) is 0 Å². The predicted molar refractivity (Wildman–Crippen MR) is 110 cm³/mol. The monoisotopic (exact) mass is 584 g/mol. The lowest BCUT2D eigenvalue weighted by molar-refractivity contribution is 0.372. The molecule has 0 saturated heterocycles. The van der Waals surface area contributed by atoms with Crippen LogP contribution in [0.2, 0.25) is 0 Å². The minimum absolute atomic E-state index is 0.0113. The Hall–Kier alpha value is -1.40. The predicted octanol–water partition coefficient (Wildman–Crippen LogP) is 6.08. The Kier molecular flexibility index (Phi) is 8.07. The molecule has 3 aromatic rings. The van der Waals surface area contributed by atoms with Gasteiger partial charge in [0, 0.05) is 24.2 Å². The number of rotatable bonds is 4. The lowest BCUT2D eigenvalue weighted by atomic mass is 10.3. The van der Waals surface area contributed by atoms with Gasteiger partial charge in [-0.05, 0) is 75.5 Å². The van der Waals surface area contributed by atoms with Crippen LogP contribution in [0.5, 0.6) is 11.8 Å². The summed E-state index contributed by atoms with van der Waals surface area (Å²) in [5.41, 5.74) is 0. The molecule has 3 rings (SSSR count). The number of halogens is 5. The maximum absolute atomic E-state index is 13.0. The van der Waals surface area contributed by atoms with Gasteiger partial charge in [-0.25, -0.2) is 18.1 Å². The molecule has 0 aliphatic heterocycles. The maximum Gasteiger partial charge on any atom is 0.321 e. The third-order valence-corrected chi connectivity index (χ3v) is 4.37. The first-order chi connectivity index (χ1) is 13.1.